The first-order chi connectivity index (χ1) is 17.2. The highest BCUT2D eigenvalue weighted by atomic mass is 35.5. The fourth-order valence-corrected chi connectivity index (χ4v) is 4.83. The average molecular weight is 513 g/mol. The third-order valence-corrected chi connectivity index (χ3v) is 6.38. The molecule has 1 fully saturated rings. The number of halogens is 1. The molecule has 0 spiro atoms. The summed E-state index contributed by atoms with van der Waals surface area (Å²) in [5.41, 5.74) is 1.18. The van der Waals surface area contributed by atoms with Crippen LogP contribution in [0.2, 0.25) is 5.02 Å². The molecule has 2 aromatic heterocycles. The number of benzene rings is 1. The molecule has 0 N–H and O–H groups in total. The molecule has 0 radical (unpaired) electrons. The second kappa shape index (κ2) is 10.0. The molecule has 5 rings (SSSR count). The predicted molar refractivity (Wildman–Crippen MR) is 131 cm³/mol. The molecular formula is C25H29ClN6O4. The Morgan fingerprint density at radius 1 is 1.06 bits per heavy atom. The molecule has 3 heterocycles. The zero-order chi connectivity index (χ0) is 25.3. The third kappa shape index (κ3) is 5.60. The number of carbonyl (C=O) groups is 1. The van der Waals surface area contributed by atoms with Crippen molar-refractivity contribution in [2.75, 3.05) is 0 Å². The van der Waals surface area contributed by atoms with Gasteiger partial charge >= 0.3 is 12.2 Å². The minimum atomic E-state index is -0.764. The summed E-state index contributed by atoms with van der Waals surface area (Å²) in [6.45, 7) is 5.99. The van der Waals surface area contributed by atoms with Gasteiger partial charge < -0.3 is 14.3 Å². The third-order valence-electron chi connectivity index (χ3n) is 6.15. The van der Waals surface area contributed by atoms with Crippen LogP contribution < -0.4 is 4.74 Å². The summed E-state index contributed by atoms with van der Waals surface area (Å²) < 4.78 is 13.4. The van der Waals surface area contributed by atoms with E-state index in [0.29, 0.717) is 23.4 Å². The van der Waals surface area contributed by atoms with Gasteiger partial charge in [-0.3, -0.25) is 4.57 Å². The zero-order valence-corrected chi connectivity index (χ0v) is 21.3. The standard InChI is InChI=1S/C25H29ClN6O4/c1-25(2,3)35-24(33)36-31-14-17-13-18(26)7-10-20(17)32-21(15-31)29-30-22(32)16-5-8-19(9-6-16)34-23-27-11-4-12-28-23/h4,7,10-13,16,19H,5-6,8-9,14-15H2,1-3H3. The Morgan fingerprint density at radius 3 is 2.53 bits per heavy atom. The highest BCUT2D eigenvalue weighted by molar-refractivity contribution is 6.30. The topological polar surface area (TPSA) is 104 Å². The number of ether oxygens (including phenoxy) is 2. The van der Waals surface area contributed by atoms with Gasteiger partial charge in [-0.1, -0.05) is 11.6 Å². The van der Waals surface area contributed by atoms with Crippen molar-refractivity contribution >= 4 is 17.8 Å². The maximum absolute atomic E-state index is 12.4. The lowest BCUT2D eigenvalue weighted by Crippen LogP contribution is -2.31. The van der Waals surface area contributed by atoms with Crippen LogP contribution in [-0.2, 0) is 22.7 Å². The molecule has 3 aromatic rings. The smallest absolute Gasteiger partial charge is 0.460 e. The van der Waals surface area contributed by atoms with E-state index in [0.717, 1.165) is 42.8 Å². The van der Waals surface area contributed by atoms with E-state index in [-0.39, 0.29) is 18.6 Å². The van der Waals surface area contributed by atoms with Crippen LogP contribution in [0, 0.1) is 0 Å². The molecule has 11 heteroatoms. The van der Waals surface area contributed by atoms with Crippen LogP contribution in [0.25, 0.3) is 5.69 Å². The Bertz CT molecular complexity index is 1220. The fraction of sp³-hybridized carbons (Fsp3) is 0.480. The van der Waals surface area contributed by atoms with E-state index in [1.165, 1.54) is 5.06 Å². The molecule has 1 saturated carbocycles. The van der Waals surface area contributed by atoms with Crippen molar-refractivity contribution in [2.45, 2.75) is 77.2 Å². The lowest BCUT2D eigenvalue weighted by Gasteiger charge is -2.28. The summed E-state index contributed by atoms with van der Waals surface area (Å²) in [6.07, 6.45) is 6.20. The fourth-order valence-electron chi connectivity index (χ4n) is 4.63. The van der Waals surface area contributed by atoms with Gasteiger partial charge in [-0.05, 0) is 76.3 Å². The number of rotatable bonds is 4. The quantitative estimate of drug-likeness (QED) is 0.446. The molecule has 10 nitrogen and oxygen atoms in total. The van der Waals surface area contributed by atoms with Crippen LogP contribution in [-0.4, -0.2) is 47.7 Å². The Morgan fingerprint density at radius 2 is 1.81 bits per heavy atom. The number of hydroxylamine groups is 2. The Balaban J connectivity index is 1.36. The molecule has 1 aliphatic heterocycles. The van der Waals surface area contributed by atoms with E-state index in [2.05, 4.69) is 24.7 Å². The maximum atomic E-state index is 12.4. The normalized spacial score (nSPS) is 20.1. The summed E-state index contributed by atoms with van der Waals surface area (Å²) in [4.78, 5) is 26.3. The molecule has 1 aromatic carbocycles. The molecule has 36 heavy (non-hydrogen) atoms. The zero-order valence-electron chi connectivity index (χ0n) is 20.6. The van der Waals surface area contributed by atoms with Crippen LogP contribution in [0.1, 0.15) is 69.6 Å². The van der Waals surface area contributed by atoms with Crippen molar-refractivity contribution in [3.05, 3.63) is 58.9 Å². The number of aromatic nitrogens is 5. The van der Waals surface area contributed by atoms with Crippen molar-refractivity contribution in [3.8, 4) is 11.7 Å². The van der Waals surface area contributed by atoms with Crippen molar-refractivity contribution in [1.82, 2.24) is 29.8 Å². The molecule has 1 aliphatic carbocycles. The lowest BCUT2D eigenvalue weighted by molar-refractivity contribution is -0.155. The van der Waals surface area contributed by atoms with E-state index < -0.39 is 11.8 Å². The number of carbonyl (C=O) groups excluding carboxylic acids is 1. The van der Waals surface area contributed by atoms with Gasteiger partial charge in [0.05, 0.1) is 18.8 Å². The summed E-state index contributed by atoms with van der Waals surface area (Å²) in [5.74, 6) is 1.79. The van der Waals surface area contributed by atoms with Gasteiger partial charge in [-0.15, -0.1) is 15.3 Å². The predicted octanol–water partition coefficient (Wildman–Crippen LogP) is 5.00. The molecule has 0 unspecified atom stereocenters. The average Bonchev–Trinajstić information content (AvgIpc) is 3.15. The first kappa shape index (κ1) is 24.5. The first-order valence-corrected chi connectivity index (χ1v) is 12.5. The van der Waals surface area contributed by atoms with E-state index in [1.54, 1.807) is 39.2 Å². The summed E-state index contributed by atoms with van der Waals surface area (Å²) in [7, 11) is 0. The largest absolute Gasteiger partial charge is 0.528 e. The van der Waals surface area contributed by atoms with Gasteiger partial charge in [0.15, 0.2) is 5.82 Å². The summed E-state index contributed by atoms with van der Waals surface area (Å²) in [5, 5.41) is 11.2. The van der Waals surface area contributed by atoms with E-state index in [9.17, 15) is 4.79 Å². The van der Waals surface area contributed by atoms with Crippen LogP contribution in [0.5, 0.6) is 6.01 Å². The maximum Gasteiger partial charge on any atom is 0.528 e. The van der Waals surface area contributed by atoms with Gasteiger partial charge in [-0.2, -0.15) is 0 Å². The molecule has 0 saturated heterocycles. The Kier molecular flexibility index (Phi) is 6.81. The molecule has 2 aliphatic rings. The van der Waals surface area contributed by atoms with Crippen molar-refractivity contribution in [3.63, 3.8) is 0 Å². The van der Waals surface area contributed by atoms with Crippen LogP contribution in [0.3, 0.4) is 0 Å². The van der Waals surface area contributed by atoms with E-state index in [1.807, 2.05) is 18.2 Å². The summed E-state index contributed by atoms with van der Waals surface area (Å²) >= 11 is 6.33. The highest BCUT2D eigenvalue weighted by Gasteiger charge is 2.32. The van der Waals surface area contributed by atoms with Crippen LogP contribution in [0.15, 0.2) is 36.7 Å². The van der Waals surface area contributed by atoms with Gasteiger partial charge in [-0.25, -0.2) is 14.8 Å². The molecule has 190 valence electrons. The number of nitrogens with zero attached hydrogens (tertiary/aromatic N) is 6. The second-order valence-electron chi connectivity index (χ2n) is 10.1. The van der Waals surface area contributed by atoms with E-state index >= 15 is 0 Å². The van der Waals surface area contributed by atoms with Crippen LogP contribution >= 0.6 is 11.6 Å². The minimum absolute atomic E-state index is 0.0685. The molecule has 0 atom stereocenters. The van der Waals surface area contributed by atoms with E-state index in [4.69, 9.17) is 25.9 Å². The van der Waals surface area contributed by atoms with Crippen molar-refractivity contribution in [2.24, 2.45) is 0 Å². The van der Waals surface area contributed by atoms with Crippen molar-refractivity contribution in [1.29, 1.82) is 0 Å². The van der Waals surface area contributed by atoms with Crippen molar-refractivity contribution < 1.29 is 19.1 Å². The van der Waals surface area contributed by atoms with Gasteiger partial charge in [0.25, 0.3) is 0 Å². The Labute approximate surface area is 214 Å². The number of fused-ring (bicyclic) bond motifs is 3. The van der Waals surface area contributed by atoms with Gasteiger partial charge in [0.2, 0.25) is 0 Å². The summed E-state index contributed by atoms with van der Waals surface area (Å²) in [6, 6.07) is 7.88. The lowest BCUT2D eigenvalue weighted by atomic mass is 9.86. The number of hydrogen-bond acceptors (Lipinski definition) is 9. The second-order valence-corrected chi connectivity index (χ2v) is 10.5. The first-order valence-electron chi connectivity index (χ1n) is 12.1. The Hall–Kier alpha value is -3.24. The minimum Gasteiger partial charge on any atom is -0.460 e. The molecular weight excluding hydrogens is 484 g/mol. The molecule has 0 amide bonds. The van der Waals surface area contributed by atoms with Gasteiger partial charge in [0.1, 0.15) is 17.5 Å². The highest BCUT2D eigenvalue weighted by Crippen LogP contribution is 2.37. The monoisotopic (exact) mass is 512 g/mol. The van der Waals surface area contributed by atoms with Crippen LogP contribution in [0.4, 0.5) is 4.79 Å². The van der Waals surface area contributed by atoms with Gasteiger partial charge in [0, 0.05) is 23.3 Å². The molecule has 0 bridgehead atoms. The SMILES string of the molecule is CC(C)(C)OC(=O)ON1Cc2cc(Cl)ccc2-n2c(nnc2C2CCC(Oc3ncccn3)CC2)C1. The number of hydrogen-bond donors (Lipinski definition) is 0.